The Balaban J connectivity index is 2.06. The lowest BCUT2D eigenvalue weighted by Gasteiger charge is -2.24. The van der Waals surface area contributed by atoms with E-state index in [9.17, 15) is 9.00 Å². The van der Waals surface area contributed by atoms with Gasteiger partial charge in [-0.3, -0.25) is 9.00 Å². The van der Waals surface area contributed by atoms with E-state index in [1.165, 1.54) is 6.92 Å². The second-order valence-electron chi connectivity index (χ2n) is 4.98. The summed E-state index contributed by atoms with van der Waals surface area (Å²) in [6.45, 7) is 3.55. The van der Waals surface area contributed by atoms with Gasteiger partial charge in [0.2, 0.25) is 5.91 Å². The molecule has 1 amide bonds. The zero-order valence-corrected chi connectivity index (χ0v) is 12.2. The van der Waals surface area contributed by atoms with Crippen molar-refractivity contribution in [2.75, 3.05) is 22.1 Å². The molecule has 0 saturated carbocycles. The summed E-state index contributed by atoms with van der Waals surface area (Å²) in [6, 6.07) is 6.23. The van der Waals surface area contributed by atoms with Crippen LogP contribution in [-0.2, 0) is 15.6 Å². The van der Waals surface area contributed by atoms with Crippen molar-refractivity contribution in [3.63, 3.8) is 0 Å². The van der Waals surface area contributed by atoms with E-state index in [0.29, 0.717) is 6.04 Å². The van der Waals surface area contributed by atoms with Gasteiger partial charge in [-0.25, -0.2) is 0 Å². The van der Waals surface area contributed by atoms with Crippen LogP contribution in [0.25, 0.3) is 0 Å². The fourth-order valence-electron chi connectivity index (χ4n) is 2.22. The van der Waals surface area contributed by atoms with E-state index < -0.39 is 10.8 Å². The molecule has 1 aliphatic rings. The second-order valence-corrected chi connectivity index (χ2v) is 6.67. The summed E-state index contributed by atoms with van der Waals surface area (Å²) >= 11 is 0. The lowest BCUT2D eigenvalue weighted by molar-refractivity contribution is -0.114. The number of benzene rings is 1. The number of rotatable bonds is 3. The molecule has 19 heavy (non-hydrogen) atoms. The molecule has 1 heterocycles. The number of carbonyl (C=O) groups excluding carboxylic acids is 1. The molecule has 1 saturated heterocycles. The van der Waals surface area contributed by atoms with Crippen LogP contribution in [0.3, 0.4) is 0 Å². The van der Waals surface area contributed by atoms with Gasteiger partial charge < -0.3 is 10.6 Å². The number of anilines is 2. The zero-order valence-electron chi connectivity index (χ0n) is 11.4. The molecule has 0 bridgehead atoms. The molecule has 1 aliphatic heterocycles. The van der Waals surface area contributed by atoms with E-state index in [2.05, 4.69) is 10.6 Å². The summed E-state index contributed by atoms with van der Waals surface area (Å²) in [5, 5.41) is 6.29. The van der Waals surface area contributed by atoms with Crippen LogP contribution in [0.2, 0.25) is 0 Å². The molecule has 104 valence electrons. The van der Waals surface area contributed by atoms with E-state index in [0.717, 1.165) is 41.3 Å². The van der Waals surface area contributed by atoms with E-state index in [1.54, 1.807) is 0 Å². The van der Waals surface area contributed by atoms with Crippen molar-refractivity contribution in [2.45, 2.75) is 32.7 Å². The summed E-state index contributed by atoms with van der Waals surface area (Å²) in [7, 11) is -0.633. The molecule has 0 aromatic heterocycles. The van der Waals surface area contributed by atoms with Crippen LogP contribution in [0.15, 0.2) is 18.2 Å². The Kier molecular flexibility index (Phi) is 4.58. The fraction of sp³-hybridized carbons (Fsp3) is 0.500. The molecule has 5 heteroatoms. The van der Waals surface area contributed by atoms with Crippen LogP contribution in [0.5, 0.6) is 0 Å². The van der Waals surface area contributed by atoms with Crippen molar-refractivity contribution in [1.82, 2.24) is 0 Å². The number of carbonyl (C=O) groups is 1. The topological polar surface area (TPSA) is 58.2 Å². The van der Waals surface area contributed by atoms with Crippen molar-refractivity contribution in [3.05, 3.63) is 23.8 Å². The van der Waals surface area contributed by atoms with Crippen LogP contribution < -0.4 is 10.6 Å². The van der Waals surface area contributed by atoms with Crippen LogP contribution >= 0.6 is 0 Å². The third-order valence-corrected chi connectivity index (χ3v) is 4.69. The summed E-state index contributed by atoms with van der Waals surface area (Å²) in [5.74, 6) is 1.49. The smallest absolute Gasteiger partial charge is 0.221 e. The molecule has 1 aromatic rings. The van der Waals surface area contributed by atoms with Gasteiger partial charge in [-0.1, -0.05) is 6.07 Å². The standard InChI is InChI=1S/C14H20N2O2S/c1-10-3-4-13(15-11(2)17)9-14(10)16-12-5-7-19(18)8-6-12/h3-4,9,12,16H,5-8H2,1-2H3,(H,15,17). The van der Waals surface area contributed by atoms with Crippen molar-refractivity contribution in [1.29, 1.82) is 0 Å². The van der Waals surface area contributed by atoms with Gasteiger partial charge in [-0.05, 0) is 37.5 Å². The lowest BCUT2D eigenvalue weighted by Crippen LogP contribution is -2.29. The Morgan fingerprint density at radius 1 is 1.32 bits per heavy atom. The molecule has 2 N–H and O–H groups in total. The van der Waals surface area contributed by atoms with Gasteiger partial charge in [0.25, 0.3) is 0 Å². The highest BCUT2D eigenvalue weighted by molar-refractivity contribution is 7.85. The summed E-state index contributed by atoms with van der Waals surface area (Å²) in [4.78, 5) is 11.1. The Labute approximate surface area is 116 Å². The first kappa shape index (κ1) is 14.1. The van der Waals surface area contributed by atoms with Crippen molar-refractivity contribution in [2.24, 2.45) is 0 Å². The molecule has 2 rings (SSSR count). The minimum absolute atomic E-state index is 0.0668. The van der Waals surface area contributed by atoms with Crippen molar-refractivity contribution in [3.8, 4) is 0 Å². The molecule has 4 nitrogen and oxygen atoms in total. The van der Waals surface area contributed by atoms with Gasteiger partial charge in [-0.2, -0.15) is 0 Å². The normalized spacial score (nSPS) is 22.8. The maximum Gasteiger partial charge on any atom is 0.221 e. The first-order valence-electron chi connectivity index (χ1n) is 6.54. The second kappa shape index (κ2) is 6.19. The highest BCUT2D eigenvalue weighted by atomic mass is 32.2. The van der Waals surface area contributed by atoms with Gasteiger partial charge in [0.15, 0.2) is 0 Å². The Bertz CT molecular complexity index is 492. The molecular weight excluding hydrogens is 260 g/mol. The molecule has 0 radical (unpaired) electrons. The van der Waals surface area contributed by atoms with E-state index >= 15 is 0 Å². The van der Waals surface area contributed by atoms with Gasteiger partial charge in [0.05, 0.1) is 0 Å². The Hall–Kier alpha value is -1.36. The zero-order chi connectivity index (χ0) is 13.8. The average molecular weight is 280 g/mol. The SMILES string of the molecule is CC(=O)Nc1ccc(C)c(NC2CCS(=O)CC2)c1. The molecular formula is C14H20N2O2S. The van der Waals surface area contributed by atoms with Crippen LogP contribution in [-0.4, -0.2) is 27.7 Å². The van der Waals surface area contributed by atoms with Gasteiger partial charge >= 0.3 is 0 Å². The van der Waals surface area contributed by atoms with Crippen LogP contribution in [0, 0.1) is 6.92 Å². The van der Waals surface area contributed by atoms with Crippen LogP contribution in [0.1, 0.15) is 25.3 Å². The fourth-order valence-corrected chi connectivity index (χ4v) is 3.52. The van der Waals surface area contributed by atoms with E-state index in [4.69, 9.17) is 0 Å². The summed E-state index contributed by atoms with van der Waals surface area (Å²) < 4.78 is 11.3. The maximum atomic E-state index is 11.3. The molecule has 0 atom stereocenters. The highest BCUT2D eigenvalue weighted by Gasteiger charge is 2.18. The minimum Gasteiger partial charge on any atom is -0.382 e. The highest BCUT2D eigenvalue weighted by Crippen LogP contribution is 2.23. The van der Waals surface area contributed by atoms with Crippen LogP contribution in [0.4, 0.5) is 11.4 Å². The van der Waals surface area contributed by atoms with E-state index in [1.807, 2.05) is 25.1 Å². The third-order valence-electron chi connectivity index (χ3n) is 3.31. The van der Waals surface area contributed by atoms with Gasteiger partial charge in [-0.15, -0.1) is 0 Å². The number of nitrogens with one attached hydrogen (secondary N) is 2. The largest absolute Gasteiger partial charge is 0.382 e. The number of hydrogen-bond donors (Lipinski definition) is 2. The van der Waals surface area contributed by atoms with E-state index in [-0.39, 0.29) is 5.91 Å². The van der Waals surface area contributed by atoms with Crippen molar-refractivity contribution < 1.29 is 9.00 Å². The molecule has 1 aromatic carbocycles. The molecule has 0 unspecified atom stereocenters. The third kappa shape index (κ3) is 4.06. The molecule has 1 fully saturated rings. The first-order valence-corrected chi connectivity index (χ1v) is 8.03. The predicted octanol–water partition coefficient (Wildman–Crippen LogP) is 2.28. The summed E-state index contributed by atoms with van der Waals surface area (Å²) in [6.07, 6.45) is 1.88. The number of hydrogen-bond acceptors (Lipinski definition) is 3. The summed E-state index contributed by atoms with van der Waals surface area (Å²) in [5.41, 5.74) is 3.00. The molecule has 0 aliphatic carbocycles. The predicted molar refractivity (Wildman–Crippen MR) is 80.0 cm³/mol. The minimum atomic E-state index is -0.633. The first-order chi connectivity index (χ1) is 9.04. The monoisotopic (exact) mass is 280 g/mol. The maximum absolute atomic E-state index is 11.3. The lowest BCUT2D eigenvalue weighted by atomic mass is 10.1. The number of aryl methyl sites for hydroxylation is 1. The van der Waals surface area contributed by atoms with Crippen molar-refractivity contribution >= 4 is 28.1 Å². The van der Waals surface area contributed by atoms with Gasteiger partial charge in [0.1, 0.15) is 0 Å². The Morgan fingerprint density at radius 2 is 2.00 bits per heavy atom. The number of amides is 1. The quantitative estimate of drug-likeness (QED) is 0.893. The molecule has 0 spiro atoms. The van der Waals surface area contributed by atoms with Gasteiger partial charge in [0, 0.05) is 46.6 Å². The average Bonchev–Trinajstić information content (AvgIpc) is 2.35. The Morgan fingerprint density at radius 3 is 2.63 bits per heavy atom.